The Morgan fingerprint density at radius 1 is 1.08 bits per heavy atom. The summed E-state index contributed by atoms with van der Waals surface area (Å²) in [7, 11) is 0. The molecule has 1 aliphatic rings. The van der Waals surface area contributed by atoms with Crippen LogP contribution in [-0.2, 0) is 21.4 Å². The molecule has 3 aromatic rings. The van der Waals surface area contributed by atoms with Crippen LogP contribution in [0.25, 0.3) is 0 Å². The van der Waals surface area contributed by atoms with E-state index in [-0.39, 0.29) is 17.9 Å². The Morgan fingerprint density at radius 2 is 1.76 bits per heavy atom. The molecule has 2 amide bonds. The molecule has 9 nitrogen and oxygen atoms in total. The number of aromatic amines is 1. The summed E-state index contributed by atoms with van der Waals surface area (Å²) in [5, 5.41) is 18.2. The van der Waals surface area contributed by atoms with Crippen LogP contribution in [0.3, 0.4) is 0 Å². The number of nitrogens with zero attached hydrogens (tertiary/aromatic N) is 1. The largest absolute Gasteiger partial charge is 0.465 e. The Morgan fingerprint density at radius 3 is 2.32 bits per heavy atom. The van der Waals surface area contributed by atoms with Crippen LogP contribution in [0.5, 0.6) is 0 Å². The van der Waals surface area contributed by atoms with Gasteiger partial charge in [0.25, 0.3) is 0 Å². The monoisotopic (exact) mass is 503 g/mol. The van der Waals surface area contributed by atoms with Crippen molar-refractivity contribution in [2.45, 2.75) is 56.1 Å². The fourth-order valence-corrected chi connectivity index (χ4v) is 5.01. The minimum atomic E-state index is -1.75. The van der Waals surface area contributed by atoms with Crippen LogP contribution < -0.4 is 16.0 Å². The first-order valence-corrected chi connectivity index (χ1v) is 12.5. The van der Waals surface area contributed by atoms with Crippen molar-refractivity contribution in [1.29, 1.82) is 0 Å². The number of rotatable bonds is 12. The lowest BCUT2D eigenvalue weighted by atomic mass is 9.64. The molecular weight excluding hydrogens is 470 g/mol. The molecule has 0 radical (unpaired) electrons. The van der Waals surface area contributed by atoms with Crippen molar-refractivity contribution >= 4 is 17.8 Å². The summed E-state index contributed by atoms with van der Waals surface area (Å²) in [4.78, 5) is 45.5. The number of carbonyl (C=O) groups is 3. The number of carbonyl (C=O) groups excluding carboxylic acids is 2. The molecule has 0 spiro atoms. The second-order valence-corrected chi connectivity index (χ2v) is 9.74. The number of Topliss-reactive ketones (excluding diaryl/α,β-unsaturated/α-hetero) is 1. The Bertz CT molecular complexity index is 1200. The van der Waals surface area contributed by atoms with Gasteiger partial charge in [-0.15, -0.1) is 0 Å². The fraction of sp³-hybridized carbons (Fsp3) is 0.357. The molecule has 1 fully saturated rings. The summed E-state index contributed by atoms with van der Waals surface area (Å²) in [6.07, 6.45) is 4.10. The summed E-state index contributed by atoms with van der Waals surface area (Å²) >= 11 is 0. The summed E-state index contributed by atoms with van der Waals surface area (Å²) in [6, 6.07) is 19.1. The number of hydrogen-bond donors (Lipinski definition) is 5. The van der Waals surface area contributed by atoms with Gasteiger partial charge in [-0.3, -0.25) is 20.2 Å². The maximum atomic E-state index is 13.7. The molecular formula is C28H33N5O4. The smallest absolute Gasteiger partial charge is 0.406 e. The van der Waals surface area contributed by atoms with Gasteiger partial charge in [0.2, 0.25) is 5.91 Å². The molecule has 2 atom stereocenters. The number of carboxylic acid groups (broad SMARTS) is 1. The van der Waals surface area contributed by atoms with Crippen LogP contribution in [0.2, 0.25) is 0 Å². The lowest BCUT2D eigenvalue weighted by Crippen LogP contribution is -2.66. The molecule has 4 rings (SSSR count). The van der Waals surface area contributed by atoms with Crippen molar-refractivity contribution in [1.82, 2.24) is 25.9 Å². The van der Waals surface area contributed by atoms with Gasteiger partial charge >= 0.3 is 6.09 Å². The van der Waals surface area contributed by atoms with E-state index in [1.54, 1.807) is 0 Å². The van der Waals surface area contributed by atoms with E-state index in [9.17, 15) is 19.5 Å². The Kier molecular flexibility index (Phi) is 8.03. The zero-order chi connectivity index (χ0) is 26.3. The number of hydrogen-bond acceptors (Lipinski definition) is 5. The van der Waals surface area contributed by atoms with E-state index in [1.807, 2.05) is 55.5 Å². The van der Waals surface area contributed by atoms with Crippen LogP contribution in [0.4, 0.5) is 4.79 Å². The lowest BCUT2D eigenvalue weighted by Gasteiger charge is -2.42. The highest BCUT2D eigenvalue weighted by molar-refractivity contribution is 6.03. The van der Waals surface area contributed by atoms with Gasteiger partial charge in [-0.05, 0) is 30.9 Å². The second kappa shape index (κ2) is 11.4. The van der Waals surface area contributed by atoms with Gasteiger partial charge in [-0.25, -0.2) is 9.78 Å². The van der Waals surface area contributed by atoms with Crippen molar-refractivity contribution in [3.8, 4) is 0 Å². The van der Waals surface area contributed by atoms with Crippen molar-refractivity contribution in [2.75, 3.05) is 6.54 Å². The average molecular weight is 504 g/mol. The number of benzene rings is 2. The van der Waals surface area contributed by atoms with E-state index in [0.717, 1.165) is 24.8 Å². The molecule has 0 bridgehead atoms. The first-order chi connectivity index (χ1) is 17.8. The van der Waals surface area contributed by atoms with Crippen LogP contribution in [0, 0.1) is 0 Å². The SMILES string of the molecule is C[C@@H](N[C@@](Cc1cnc[nH]1)(NC(=O)O)C(=O)CC(=O)NCC1(c2ccccc2)CCC1)c1ccccc1. The van der Waals surface area contributed by atoms with E-state index in [4.69, 9.17) is 0 Å². The second-order valence-electron chi connectivity index (χ2n) is 9.74. The third kappa shape index (κ3) is 6.24. The van der Waals surface area contributed by atoms with Gasteiger partial charge < -0.3 is 15.4 Å². The number of ketones is 1. The number of aromatic nitrogens is 2. The summed E-state index contributed by atoms with van der Waals surface area (Å²) in [5.74, 6) is -1.02. The van der Waals surface area contributed by atoms with Gasteiger partial charge in [-0.1, -0.05) is 67.1 Å². The highest BCUT2D eigenvalue weighted by atomic mass is 16.4. The van der Waals surface area contributed by atoms with E-state index < -0.39 is 29.9 Å². The molecule has 9 heteroatoms. The van der Waals surface area contributed by atoms with Gasteiger partial charge in [0, 0.05) is 36.3 Å². The van der Waals surface area contributed by atoms with Crippen LogP contribution >= 0.6 is 0 Å². The van der Waals surface area contributed by atoms with E-state index >= 15 is 0 Å². The maximum absolute atomic E-state index is 13.7. The molecule has 1 aliphatic carbocycles. The maximum Gasteiger partial charge on any atom is 0.406 e. The molecule has 37 heavy (non-hydrogen) atoms. The van der Waals surface area contributed by atoms with E-state index in [1.165, 1.54) is 18.1 Å². The van der Waals surface area contributed by atoms with E-state index in [0.29, 0.717) is 12.2 Å². The molecule has 5 N–H and O–H groups in total. The highest BCUT2D eigenvalue weighted by Gasteiger charge is 2.43. The fourth-order valence-electron chi connectivity index (χ4n) is 5.01. The van der Waals surface area contributed by atoms with Crippen LogP contribution in [0.1, 0.15) is 55.5 Å². The summed E-state index contributed by atoms with van der Waals surface area (Å²) in [6.45, 7) is 2.27. The normalized spacial score (nSPS) is 16.6. The first kappa shape index (κ1) is 26.1. The van der Waals surface area contributed by atoms with Gasteiger partial charge in [-0.2, -0.15) is 0 Å². The molecule has 194 valence electrons. The topological polar surface area (TPSA) is 136 Å². The minimum absolute atomic E-state index is 0.0451. The average Bonchev–Trinajstić information content (AvgIpc) is 3.37. The number of H-pyrrole nitrogens is 1. The Labute approximate surface area is 216 Å². The molecule has 1 saturated carbocycles. The van der Waals surface area contributed by atoms with E-state index in [2.05, 4.69) is 38.1 Å². The van der Waals surface area contributed by atoms with Crippen LogP contribution in [0.15, 0.2) is 73.2 Å². The predicted octanol–water partition coefficient (Wildman–Crippen LogP) is 3.46. The van der Waals surface area contributed by atoms with Crippen molar-refractivity contribution in [3.63, 3.8) is 0 Å². The van der Waals surface area contributed by atoms with Crippen molar-refractivity contribution in [3.05, 3.63) is 90.0 Å². The van der Waals surface area contributed by atoms with Crippen LogP contribution in [-0.4, -0.2) is 45.1 Å². The lowest BCUT2D eigenvalue weighted by molar-refractivity contribution is -0.133. The molecule has 0 unspecified atom stereocenters. The van der Waals surface area contributed by atoms with Crippen molar-refractivity contribution < 1.29 is 19.5 Å². The predicted molar refractivity (Wildman–Crippen MR) is 139 cm³/mol. The van der Waals surface area contributed by atoms with Crippen molar-refractivity contribution in [2.24, 2.45) is 0 Å². The minimum Gasteiger partial charge on any atom is -0.465 e. The Balaban J connectivity index is 1.52. The molecule has 1 heterocycles. The number of amides is 2. The van der Waals surface area contributed by atoms with Gasteiger partial charge in [0.15, 0.2) is 11.4 Å². The first-order valence-electron chi connectivity index (χ1n) is 12.5. The molecule has 0 aliphatic heterocycles. The summed E-state index contributed by atoms with van der Waals surface area (Å²) in [5.41, 5.74) is 0.709. The third-order valence-electron chi connectivity index (χ3n) is 7.21. The number of nitrogens with one attached hydrogen (secondary N) is 4. The molecule has 2 aromatic carbocycles. The van der Waals surface area contributed by atoms with Gasteiger partial charge in [0.1, 0.15) is 0 Å². The standard InChI is InChI=1S/C28H33N5O4/c1-20(21-9-4-2-5-10-21)32-28(33-26(36)37,16-23-17-29-19-31-23)24(34)15-25(35)30-18-27(13-8-14-27)22-11-6-3-7-12-22/h2-7,9-12,17,19-20,32-33H,8,13-16,18H2,1H3,(H,29,31)(H,30,35)(H,36,37)/t20-,28+/m1/s1. The molecule has 1 aromatic heterocycles. The zero-order valence-electron chi connectivity index (χ0n) is 20.9. The molecule has 0 saturated heterocycles. The quantitative estimate of drug-likeness (QED) is 0.190. The number of imidazole rings is 1. The third-order valence-corrected chi connectivity index (χ3v) is 7.21. The van der Waals surface area contributed by atoms with Gasteiger partial charge in [0.05, 0.1) is 12.7 Å². The summed E-state index contributed by atoms with van der Waals surface area (Å²) < 4.78 is 0. The Hall–Kier alpha value is -3.98. The zero-order valence-corrected chi connectivity index (χ0v) is 20.9. The highest BCUT2D eigenvalue weighted by Crippen LogP contribution is 2.43.